The first-order valence-corrected chi connectivity index (χ1v) is 11.2. The van der Waals surface area contributed by atoms with E-state index in [4.69, 9.17) is 14.6 Å². The van der Waals surface area contributed by atoms with E-state index in [-0.39, 0.29) is 11.3 Å². The van der Waals surface area contributed by atoms with E-state index in [1.54, 1.807) is 17.3 Å². The van der Waals surface area contributed by atoms with Crippen LogP contribution in [-0.4, -0.2) is 73.2 Å². The van der Waals surface area contributed by atoms with Gasteiger partial charge in [-0.25, -0.2) is 13.2 Å². The molecule has 8 nitrogen and oxygen atoms in total. The lowest BCUT2D eigenvalue weighted by Gasteiger charge is -2.28. The summed E-state index contributed by atoms with van der Waals surface area (Å²) >= 11 is 0. The first-order chi connectivity index (χ1) is 13.8. The number of carbonyl (C=O) groups excluding carboxylic acids is 1. The highest BCUT2D eigenvalue weighted by atomic mass is 32.2. The third kappa shape index (κ3) is 6.57. The lowest BCUT2D eigenvalue weighted by atomic mass is 9.81. The van der Waals surface area contributed by atoms with E-state index in [0.29, 0.717) is 25.6 Å². The summed E-state index contributed by atoms with van der Waals surface area (Å²) in [5.74, 6) is -2.33. The Hall–Kier alpha value is -2.37. The standard InChI is InChI=1S/C16H22N2O4S.C2HF3O2/c1-23(20,21)10-15(19)18-9-13-4-2-6-16(13,11-18)12-22-14-5-3-7-17-8-14;3-2(4,5)1(6)7/h3,5,7-8,13H,2,4,6,9-12H2,1H3;(H,6,7)/t13-,16+;/m1./s1. The number of hydrogen-bond donors (Lipinski definition) is 1. The third-order valence-electron chi connectivity index (χ3n) is 5.18. The molecule has 1 N–H and O–H groups in total. The highest BCUT2D eigenvalue weighted by Crippen LogP contribution is 2.48. The molecule has 0 aromatic carbocycles. The molecule has 1 aromatic heterocycles. The van der Waals surface area contributed by atoms with Gasteiger partial charge in [0.15, 0.2) is 9.84 Å². The van der Waals surface area contributed by atoms with Gasteiger partial charge in [-0.3, -0.25) is 9.78 Å². The van der Waals surface area contributed by atoms with Crippen LogP contribution in [-0.2, 0) is 19.4 Å². The van der Waals surface area contributed by atoms with Gasteiger partial charge in [-0.2, -0.15) is 13.2 Å². The molecule has 1 aromatic rings. The number of fused-ring (bicyclic) bond motifs is 1. The third-order valence-corrected chi connectivity index (χ3v) is 5.95. The first kappa shape index (κ1) is 23.9. The number of hydrogen-bond acceptors (Lipinski definition) is 6. The normalized spacial score (nSPS) is 23.3. The SMILES string of the molecule is CS(=O)(=O)CC(=O)N1C[C@H]2CCC[C@@]2(COc2cccnc2)C1.O=C(O)C(F)(F)F. The number of halogens is 3. The van der Waals surface area contributed by atoms with E-state index < -0.39 is 27.7 Å². The largest absolute Gasteiger partial charge is 0.491 e. The molecule has 0 bridgehead atoms. The van der Waals surface area contributed by atoms with Crippen LogP contribution in [0.15, 0.2) is 24.5 Å². The van der Waals surface area contributed by atoms with Crippen LogP contribution in [0.2, 0.25) is 0 Å². The number of carboxylic acids is 1. The van der Waals surface area contributed by atoms with Crippen molar-refractivity contribution in [2.24, 2.45) is 11.3 Å². The summed E-state index contributed by atoms with van der Waals surface area (Å²) in [5.41, 5.74) is -0.0526. The molecule has 30 heavy (non-hydrogen) atoms. The van der Waals surface area contributed by atoms with Crippen molar-refractivity contribution in [3.05, 3.63) is 24.5 Å². The Morgan fingerprint density at radius 1 is 1.40 bits per heavy atom. The lowest BCUT2D eigenvalue weighted by molar-refractivity contribution is -0.192. The van der Waals surface area contributed by atoms with Crippen LogP contribution in [0.4, 0.5) is 13.2 Å². The van der Waals surface area contributed by atoms with Gasteiger partial charge in [-0.1, -0.05) is 6.42 Å². The Labute approximate surface area is 172 Å². The molecular formula is C18H23F3N2O6S. The van der Waals surface area contributed by atoms with Crippen molar-refractivity contribution in [3.63, 3.8) is 0 Å². The Morgan fingerprint density at radius 2 is 2.07 bits per heavy atom. The summed E-state index contributed by atoms with van der Waals surface area (Å²) in [4.78, 5) is 26.8. The number of amides is 1. The molecule has 1 aliphatic carbocycles. The van der Waals surface area contributed by atoms with Gasteiger partial charge in [-0.15, -0.1) is 0 Å². The monoisotopic (exact) mass is 452 g/mol. The molecule has 12 heteroatoms. The molecule has 1 saturated heterocycles. The van der Waals surface area contributed by atoms with Crippen LogP contribution < -0.4 is 4.74 Å². The van der Waals surface area contributed by atoms with Crippen LogP contribution in [0.3, 0.4) is 0 Å². The fraction of sp³-hybridized carbons (Fsp3) is 0.611. The van der Waals surface area contributed by atoms with Gasteiger partial charge in [0.1, 0.15) is 11.5 Å². The van der Waals surface area contributed by atoms with Crippen molar-refractivity contribution in [3.8, 4) is 5.75 Å². The fourth-order valence-electron chi connectivity index (χ4n) is 3.82. The van der Waals surface area contributed by atoms with Crippen molar-refractivity contribution in [2.45, 2.75) is 25.4 Å². The number of likely N-dealkylation sites (tertiary alicyclic amines) is 1. The van der Waals surface area contributed by atoms with Crippen molar-refractivity contribution in [1.29, 1.82) is 0 Å². The molecule has 168 valence electrons. The smallest absolute Gasteiger partial charge is 0.490 e. The Balaban J connectivity index is 0.000000396. The number of carboxylic acid groups (broad SMARTS) is 1. The zero-order valence-electron chi connectivity index (χ0n) is 16.3. The fourth-order valence-corrected chi connectivity index (χ4v) is 4.45. The molecule has 0 spiro atoms. The average molecular weight is 452 g/mol. The molecule has 2 aliphatic rings. The van der Waals surface area contributed by atoms with E-state index in [1.807, 2.05) is 12.1 Å². The highest BCUT2D eigenvalue weighted by molar-refractivity contribution is 7.91. The molecule has 1 aliphatic heterocycles. The van der Waals surface area contributed by atoms with Gasteiger partial charge < -0.3 is 14.7 Å². The highest BCUT2D eigenvalue weighted by Gasteiger charge is 2.51. The van der Waals surface area contributed by atoms with Gasteiger partial charge in [-0.05, 0) is 30.9 Å². The second-order valence-corrected chi connectivity index (χ2v) is 9.72. The minimum absolute atomic E-state index is 0.0526. The van der Waals surface area contributed by atoms with E-state index >= 15 is 0 Å². The van der Waals surface area contributed by atoms with Gasteiger partial charge in [0, 0.05) is 31.0 Å². The number of aromatic nitrogens is 1. The maximum atomic E-state index is 12.2. The minimum atomic E-state index is -5.08. The van der Waals surface area contributed by atoms with Crippen LogP contribution in [0.25, 0.3) is 0 Å². The van der Waals surface area contributed by atoms with Crippen molar-refractivity contribution >= 4 is 21.7 Å². The van der Waals surface area contributed by atoms with Crippen LogP contribution >= 0.6 is 0 Å². The summed E-state index contributed by atoms with van der Waals surface area (Å²) in [7, 11) is -3.29. The molecule has 0 unspecified atom stereocenters. The maximum Gasteiger partial charge on any atom is 0.490 e. The first-order valence-electron chi connectivity index (χ1n) is 9.11. The molecule has 0 radical (unpaired) electrons. The average Bonchev–Trinajstić information content (AvgIpc) is 3.16. The van der Waals surface area contributed by atoms with Crippen molar-refractivity contribution in [1.82, 2.24) is 9.88 Å². The second kappa shape index (κ2) is 9.19. The second-order valence-electron chi connectivity index (χ2n) is 7.58. The predicted octanol–water partition coefficient (Wildman–Crippen LogP) is 1.77. The van der Waals surface area contributed by atoms with Gasteiger partial charge in [0.25, 0.3) is 0 Å². The lowest BCUT2D eigenvalue weighted by Crippen LogP contribution is -2.37. The van der Waals surface area contributed by atoms with Crippen LogP contribution in [0, 0.1) is 11.3 Å². The molecule has 1 saturated carbocycles. The summed E-state index contributed by atoms with van der Waals surface area (Å²) in [6.45, 7) is 1.78. The summed E-state index contributed by atoms with van der Waals surface area (Å²) in [6.07, 6.45) is 2.62. The van der Waals surface area contributed by atoms with E-state index in [1.165, 1.54) is 0 Å². The molecule has 2 atom stereocenters. The molecule has 1 amide bonds. The molecule has 3 rings (SSSR count). The van der Waals surface area contributed by atoms with Crippen molar-refractivity contribution in [2.75, 3.05) is 31.7 Å². The summed E-state index contributed by atoms with van der Waals surface area (Å²) in [5, 5.41) is 7.12. The van der Waals surface area contributed by atoms with E-state index in [0.717, 1.165) is 31.3 Å². The van der Waals surface area contributed by atoms with E-state index in [2.05, 4.69) is 4.98 Å². The number of aliphatic carboxylic acids is 1. The van der Waals surface area contributed by atoms with Crippen molar-refractivity contribution < 1.29 is 41.0 Å². The van der Waals surface area contributed by atoms with Gasteiger partial charge in [0.2, 0.25) is 5.91 Å². The summed E-state index contributed by atoms with van der Waals surface area (Å²) in [6, 6.07) is 3.70. The Morgan fingerprint density at radius 3 is 2.60 bits per heavy atom. The number of pyridine rings is 1. The molecule has 2 fully saturated rings. The Kier molecular flexibility index (Phi) is 7.32. The molecular weight excluding hydrogens is 429 g/mol. The zero-order chi connectivity index (χ0) is 22.6. The molecule has 2 heterocycles. The summed E-state index contributed by atoms with van der Waals surface area (Å²) < 4.78 is 60.4. The van der Waals surface area contributed by atoms with Crippen LogP contribution in [0.5, 0.6) is 5.75 Å². The number of ether oxygens (including phenoxy) is 1. The minimum Gasteiger partial charge on any atom is -0.491 e. The Bertz CT molecular complexity index is 862. The zero-order valence-corrected chi connectivity index (χ0v) is 17.1. The predicted molar refractivity (Wildman–Crippen MR) is 99.5 cm³/mol. The number of carbonyl (C=O) groups is 2. The number of sulfone groups is 1. The number of alkyl halides is 3. The maximum absolute atomic E-state index is 12.2. The topological polar surface area (TPSA) is 114 Å². The quantitative estimate of drug-likeness (QED) is 0.724. The van der Waals surface area contributed by atoms with E-state index in [9.17, 15) is 26.4 Å². The van der Waals surface area contributed by atoms with Gasteiger partial charge in [0.05, 0.1) is 12.8 Å². The van der Waals surface area contributed by atoms with Gasteiger partial charge >= 0.3 is 12.1 Å². The number of nitrogens with zero attached hydrogens (tertiary/aromatic N) is 2. The number of rotatable bonds is 5. The van der Waals surface area contributed by atoms with Crippen LogP contribution in [0.1, 0.15) is 19.3 Å².